The quantitative estimate of drug-likeness (QED) is 0.897. The molecule has 2 aromatic rings. The lowest BCUT2D eigenvalue weighted by atomic mass is 10.1. The van der Waals surface area contributed by atoms with Gasteiger partial charge in [-0.15, -0.1) is 0 Å². The molecule has 0 atom stereocenters. The van der Waals surface area contributed by atoms with Gasteiger partial charge in [0.15, 0.2) is 0 Å². The molecule has 106 valence electrons. The van der Waals surface area contributed by atoms with E-state index in [1.165, 1.54) is 0 Å². The number of nitrogen functional groups attached to an aromatic ring is 1. The van der Waals surface area contributed by atoms with Gasteiger partial charge in [0.1, 0.15) is 5.69 Å². The monoisotopic (exact) mass is 271 g/mol. The molecule has 1 amide bonds. The maximum atomic E-state index is 12.5. The molecule has 0 saturated heterocycles. The molecule has 1 heterocycles. The second kappa shape index (κ2) is 5.41. The Hall–Kier alpha value is -2.23. The number of para-hydroxylation sites is 1. The Morgan fingerprint density at radius 3 is 2.40 bits per heavy atom. The van der Waals surface area contributed by atoms with Gasteiger partial charge in [0.05, 0.1) is 5.69 Å². The maximum Gasteiger partial charge on any atom is 0.272 e. The van der Waals surface area contributed by atoms with E-state index in [0.717, 1.165) is 16.8 Å². The van der Waals surface area contributed by atoms with E-state index in [1.807, 2.05) is 50.5 Å². The summed E-state index contributed by atoms with van der Waals surface area (Å²) in [4.78, 5) is 12.5. The minimum atomic E-state index is -0.132. The number of benzene rings is 1. The number of aryl methyl sites for hydroxylation is 2. The number of anilines is 2. The van der Waals surface area contributed by atoms with Crippen LogP contribution >= 0.6 is 0 Å². The Balaban J connectivity index is 2.34. The molecule has 0 spiro atoms. The van der Waals surface area contributed by atoms with E-state index in [4.69, 9.17) is 5.73 Å². The molecule has 3 N–H and O–H groups in total. The lowest BCUT2D eigenvalue weighted by molar-refractivity contribution is 0.101. The molecule has 2 rings (SSSR count). The largest absolute Gasteiger partial charge is 0.397 e. The summed E-state index contributed by atoms with van der Waals surface area (Å²) >= 11 is 0. The fraction of sp³-hybridized carbons (Fsp3) is 0.312. The third-order valence-corrected chi connectivity index (χ3v) is 3.38. The second-order valence-electron chi connectivity index (χ2n) is 5.38. The third-order valence-electron chi connectivity index (χ3n) is 3.38. The molecular formula is C16H21N3O. The molecule has 1 aromatic heterocycles. The standard InChI is InChI=1S/C16H21N3O/c1-10(2)19-9-13(17)8-14(19)16(20)18-15-11(3)6-5-7-12(15)4/h5-10H,17H2,1-4H3,(H,18,20). The van der Waals surface area contributed by atoms with Crippen molar-refractivity contribution in [2.75, 3.05) is 11.1 Å². The summed E-state index contributed by atoms with van der Waals surface area (Å²) in [5, 5.41) is 2.99. The molecule has 0 radical (unpaired) electrons. The van der Waals surface area contributed by atoms with Crippen molar-refractivity contribution >= 4 is 17.3 Å². The molecule has 0 fully saturated rings. The average molecular weight is 271 g/mol. The van der Waals surface area contributed by atoms with Gasteiger partial charge >= 0.3 is 0 Å². The van der Waals surface area contributed by atoms with E-state index < -0.39 is 0 Å². The number of nitrogens with two attached hydrogens (primary N) is 1. The van der Waals surface area contributed by atoms with Gasteiger partial charge in [0, 0.05) is 17.9 Å². The fourth-order valence-electron chi connectivity index (χ4n) is 2.30. The SMILES string of the molecule is Cc1cccc(C)c1NC(=O)c1cc(N)cn1C(C)C. The van der Waals surface area contributed by atoms with Crippen LogP contribution in [0.2, 0.25) is 0 Å². The number of hydrogen-bond acceptors (Lipinski definition) is 2. The van der Waals surface area contributed by atoms with E-state index in [-0.39, 0.29) is 11.9 Å². The molecular weight excluding hydrogens is 250 g/mol. The lowest BCUT2D eigenvalue weighted by Gasteiger charge is -2.15. The van der Waals surface area contributed by atoms with E-state index in [0.29, 0.717) is 11.4 Å². The number of carbonyl (C=O) groups is 1. The highest BCUT2D eigenvalue weighted by Crippen LogP contribution is 2.22. The summed E-state index contributed by atoms with van der Waals surface area (Å²) in [7, 11) is 0. The topological polar surface area (TPSA) is 60.1 Å². The highest BCUT2D eigenvalue weighted by atomic mass is 16.2. The number of nitrogens with one attached hydrogen (secondary N) is 1. The summed E-state index contributed by atoms with van der Waals surface area (Å²) in [6.07, 6.45) is 1.80. The van der Waals surface area contributed by atoms with E-state index in [2.05, 4.69) is 5.32 Å². The molecule has 0 saturated carbocycles. The van der Waals surface area contributed by atoms with Gasteiger partial charge in [-0.2, -0.15) is 0 Å². The van der Waals surface area contributed by atoms with Crippen LogP contribution in [0.4, 0.5) is 11.4 Å². The van der Waals surface area contributed by atoms with E-state index >= 15 is 0 Å². The fourth-order valence-corrected chi connectivity index (χ4v) is 2.30. The molecule has 0 aliphatic heterocycles. The van der Waals surface area contributed by atoms with Crippen molar-refractivity contribution in [2.24, 2.45) is 0 Å². The third kappa shape index (κ3) is 2.69. The normalized spacial score (nSPS) is 10.8. The number of aromatic nitrogens is 1. The molecule has 0 aliphatic rings. The number of carbonyl (C=O) groups excluding carboxylic acids is 1. The molecule has 4 heteroatoms. The van der Waals surface area contributed by atoms with Crippen LogP contribution in [0.5, 0.6) is 0 Å². The Bertz CT molecular complexity index is 621. The molecule has 0 bridgehead atoms. The van der Waals surface area contributed by atoms with Crippen LogP contribution in [0.1, 0.15) is 41.5 Å². The zero-order valence-corrected chi connectivity index (χ0v) is 12.4. The Morgan fingerprint density at radius 1 is 1.25 bits per heavy atom. The lowest BCUT2D eigenvalue weighted by Crippen LogP contribution is -2.18. The minimum Gasteiger partial charge on any atom is -0.397 e. The first-order valence-electron chi connectivity index (χ1n) is 6.75. The zero-order valence-electron chi connectivity index (χ0n) is 12.4. The predicted molar refractivity (Wildman–Crippen MR) is 83.1 cm³/mol. The summed E-state index contributed by atoms with van der Waals surface area (Å²) in [6, 6.07) is 7.85. The van der Waals surface area contributed by atoms with Gasteiger partial charge < -0.3 is 15.6 Å². The highest BCUT2D eigenvalue weighted by Gasteiger charge is 2.16. The summed E-state index contributed by atoms with van der Waals surface area (Å²) in [6.45, 7) is 8.02. The van der Waals surface area contributed by atoms with Gasteiger partial charge in [-0.25, -0.2) is 0 Å². The van der Waals surface area contributed by atoms with Gasteiger partial charge in [-0.05, 0) is 44.9 Å². The number of amides is 1. The average Bonchev–Trinajstić information content (AvgIpc) is 2.76. The molecule has 4 nitrogen and oxygen atoms in total. The van der Waals surface area contributed by atoms with Crippen molar-refractivity contribution in [3.63, 3.8) is 0 Å². The number of rotatable bonds is 3. The van der Waals surface area contributed by atoms with E-state index in [9.17, 15) is 4.79 Å². The molecule has 20 heavy (non-hydrogen) atoms. The van der Waals surface area contributed by atoms with Gasteiger partial charge in [0.2, 0.25) is 0 Å². The molecule has 1 aromatic carbocycles. The van der Waals surface area contributed by atoms with Gasteiger partial charge in [-0.3, -0.25) is 4.79 Å². The smallest absolute Gasteiger partial charge is 0.272 e. The van der Waals surface area contributed by atoms with Crippen LogP contribution in [0, 0.1) is 13.8 Å². The first-order valence-corrected chi connectivity index (χ1v) is 6.75. The Labute approximate surface area is 119 Å². The van der Waals surface area contributed by atoms with E-state index in [1.54, 1.807) is 12.3 Å². The van der Waals surface area contributed by atoms with Crippen LogP contribution in [0.15, 0.2) is 30.5 Å². The summed E-state index contributed by atoms with van der Waals surface area (Å²) < 4.78 is 1.89. The maximum absolute atomic E-state index is 12.5. The van der Waals surface area contributed by atoms with Crippen molar-refractivity contribution in [1.82, 2.24) is 4.57 Å². The Kier molecular flexibility index (Phi) is 3.84. The first kappa shape index (κ1) is 14.2. The minimum absolute atomic E-state index is 0.132. The second-order valence-corrected chi connectivity index (χ2v) is 5.38. The zero-order chi connectivity index (χ0) is 14.9. The van der Waals surface area contributed by atoms with Crippen LogP contribution in [-0.4, -0.2) is 10.5 Å². The van der Waals surface area contributed by atoms with Gasteiger partial charge in [0.25, 0.3) is 5.91 Å². The van der Waals surface area contributed by atoms with Crippen molar-refractivity contribution in [3.05, 3.63) is 47.3 Å². The first-order chi connectivity index (χ1) is 9.40. The van der Waals surface area contributed by atoms with Crippen molar-refractivity contribution in [1.29, 1.82) is 0 Å². The molecule has 0 aliphatic carbocycles. The van der Waals surface area contributed by atoms with Crippen LogP contribution < -0.4 is 11.1 Å². The van der Waals surface area contributed by atoms with Crippen LogP contribution in [-0.2, 0) is 0 Å². The van der Waals surface area contributed by atoms with Crippen molar-refractivity contribution < 1.29 is 4.79 Å². The summed E-state index contributed by atoms with van der Waals surface area (Å²) in [5.41, 5.74) is 9.96. The van der Waals surface area contributed by atoms with Crippen LogP contribution in [0.25, 0.3) is 0 Å². The summed E-state index contributed by atoms with van der Waals surface area (Å²) in [5.74, 6) is -0.132. The predicted octanol–water partition coefficient (Wildman–Crippen LogP) is 3.52. The number of hydrogen-bond donors (Lipinski definition) is 2. The number of nitrogens with zero attached hydrogens (tertiary/aromatic N) is 1. The highest BCUT2D eigenvalue weighted by molar-refractivity contribution is 6.04. The van der Waals surface area contributed by atoms with Crippen LogP contribution in [0.3, 0.4) is 0 Å². The molecule has 0 unspecified atom stereocenters. The van der Waals surface area contributed by atoms with Crippen molar-refractivity contribution in [2.45, 2.75) is 33.7 Å². The van der Waals surface area contributed by atoms with Gasteiger partial charge in [-0.1, -0.05) is 18.2 Å². The Morgan fingerprint density at radius 2 is 1.85 bits per heavy atom. The van der Waals surface area contributed by atoms with Crippen molar-refractivity contribution in [3.8, 4) is 0 Å².